The predicted octanol–water partition coefficient (Wildman–Crippen LogP) is 5.23. The van der Waals surface area contributed by atoms with Gasteiger partial charge in [-0.15, -0.1) is 0 Å². The van der Waals surface area contributed by atoms with Crippen LogP contribution in [-0.4, -0.2) is 51.5 Å². The third kappa shape index (κ3) is 146. The average molecular weight is 610 g/mol. The van der Waals surface area contributed by atoms with Crippen LogP contribution >= 0.6 is 45.9 Å². The molecule has 0 saturated heterocycles. The Labute approximate surface area is 159 Å². The smallest absolute Gasteiger partial charge is 0 e. The first-order valence-electron chi connectivity index (χ1n) is 5.44. The van der Waals surface area contributed by atoms with Gasteiger partial charge in [0.2, 0.25) is 0 Å². The van der Waals surface area contributed by atoms with Crippen LogP contribution in [-0.2, 0) is 25.7 Å². The molecule has 0 fully saturated rings. The molecule has 0 aliphatic heterocycles. The van der Waals surface area contributed by atoms with Gasteiger partial charge in [0.1, 0.15) is 0 Å². The fourth-order valence-electron chi connectivity index (χ4n) is 0.321. The van der Waals surface area contributed by atoms with E-state index in [1.54, 1.807) is 0 Å². The summed E-state index contributed by atoms with van der Waals surface area (Å²) >= 11 is -1.92. The minimum Gasteiger partial charge on any atom is -0.214 e. The molecule has 0 saturated carbocycles. The molecule has 0 spiro atoms. The van der Waals surface area contributed by atoms with Crippen LogP contribution in [0, 0.1) is 6.65 Å². The van der Waals surface area contributed by atoms with Crippen molar-refractivity contribution in [3.63, 3.8) is 0 Å². The largest absolute Gasteiger partial charge is 0.214 e. The van der Waals surface area contributed by atoms with E-state index < -0.39 is 11.6 Å². The molecule has 1 radical (unpaired) electrons. The molecule has 0 bridgehead atoms. The van der Waals surface area contributed by atoms with Crippen molar-refractivity contribution in [2.45, 2.75) is 0 Å². The molecule has 0 atom stereocenters. The molecule has 1 nitrogen and oxygen atoms in total. The van der Waals surface area contributed by atoms with Gasteiger partial charge in [0.05, 0.1) is 0 Å². The summed E-state index contributed by atoms with van der Waals surface area (Å²) in [4.78, 5) is 0. The van der Waals surface area contributed by atoms with Crippen molar-refractivity contribution in [1.29, 1.82) is 0 Å². The zero-order valence-electron chi connectivity index (χ0n) is 12.8. The Morgan fingerprint density at radius 1 is 0.850 bits per heavy atom. The molecule has 0 heterocycles. The van der Waals surface area contributed by atoms with Gasteiger partial charge in [-0.05, 0) is 15.8 Å². The quantitative estimate of drug-likeness (QED) is 0.166. The van der Waals surface area contributed by atoms with Gasteiger partial charge >= 0.3 is 52.9 Å². The Hall–Kier alpha value is 2.05. The molecule has 1 aromatic rings. The molecule has 0 N–H and O–H groups in total. The van der Waals surface area contributed by atoms with Crippen molar-refractivity contribution < 1.29 is 25.7 Å². The van der Waals surface area contributed by atoms with Crippen LogP contribution in [0.4, 0.5) is 0 Å². The summed E-state index contributed by atoms with van der Waals surface area (Å²) in [6.45, 7) is 18.1. The summed E-state index contributed by atoms with van der Waals surface area (Å²) in [5.74, 6) is 0. The minimum atomic E-state index is -1.92. The Morgan fingerprint density at radius 2 is 1.00 bits per heavy atom. The molecular formula is C12H25Cl3GeOP2W+. The topological polar surface area (TPSA) is 19.9 Å². The molecular weight excluding hydrogens is 585 g/mol. The third-order valence-electron chi connectivity index (χ3n) is 0.556. The van der Waals surface area contributed by atoms with E-state index in [-0.39, 0.29) is 36.9 Å². The summed E-state index contributed by atoms with van der Waals surface area (Å²) in [7, 11) is 15.2. The van der Waals surface area contributed by atoms with E-state index in [1.807, 2.05) is 30.3 Å². The average Bonchev–Trinajstić information content (AvgIpc) is 2.74. The summed E-state index contributed by atoms with van der Waals surface area (Å²) in [5, 5.41) is 0. The van der Waals surface area contributed by atoms with Gasteiger partial charge in [-0.2, -0.15) is 18.2 Å². The Balaban J connectivity index is -0.0000000476. The zero-order valence-corrected chi connectivity index (χ0v) is 22.1. The second kappa shape index (κ2) is 32.9. The van der Waals surface area contributed by atoms with Gasteiger partial charge in [0.25, 0.3) is 0 Å². The van der Waals surface area contributed by atoms with Crippen LogP contribution in [0.25, 0.3) is 0 Å². The van der Waals surface area contributed by atoms with Crippen molar-refractivity contribution in [1.82, 2.24) is 0 Å². The molecule has 1 rings (SSSR count). The Bertz CT molecular complexity index is 196. The SMILES string of the molecule is C[PH+](C)C.C[PH+](C)C.[C-]#[O+].[Cl][Ge]([Cl])[Cl].[W].c1cc[cH-]c1. The van der Waals surface area contributed by atoms with Crippen LogP contribution in [0.2, 0.25) is 0 Å². The fraction of sp³-hybridized carbons (Fsp3) is 0.500. The third-order valence-corrected chi connectivity index (χ3v) is 0.556. The van der Waals surface area contributed by atoms with Gasteiger partial charge in [-0.1, -0.05) is 0 Å². The zero-order chi connectivity index (χ0) is 16.3. The summed E-state index contributed by atoms with van der Waals surface area (Å²) < 4.78 is 7.50. The van der Waals surface area contributed by atoms with E-state index in [4.69, 9.17) is 34.7 Å². The van der Waals surface area contributed by atoms with E-state index in [2.05, 4.69) is 46.6 Å². The normalized spacial score (nSPS) is 7.50. The molecule has 8 heteroatoms. The van der Waals surface area contributed by atoms with Crippen LogP contribution in [0.15, 0.2) is 30.3 Å². The van der Waals surface area contributed by atoms with Crippen molar-refractivity contribution in [2.24, 2.45) is 0 Å². The number of halogens is 3. The van der Waals surface area contributed by atoms with Crippen molar-refractivity contribution >= 4 is 57.4 Å². The van der Waals surface area contributed by atoms with Gasteiger partial charge in [-0.25, -0.2) is 12.1 Å². The van der Waals surface area contributed by atoms with Crippen LogP contribution in [0.3, 0.4) is 0 Å². The predicted molar refractivity (Wildman–Crippen MR) is 101 cm³/mol. The fourth-order valence-corrected chi connectivity index (χ4v) is 0.321. The first-order valence-corrected chi connectivity index (χ1v) is 19.7. The number of hydrogen-bond donors (Lipinski definition) is 0. The monoisotopic (exact) mass is 610 g/mol. The van der Waals surface area contributed by atoms with Crippen molar-refractivity contribution in [3.8, 4) is 0 Å². The summed E-state index contributed by atoms with van der Waals surface area (Å²) in [6, 6.07) is 10.0. The first kappa shape index (κ1) is 33.6. The molecule has 0 amide bonds. The van der Waals surface area contributed by atoms with E-state index in [0.29, 0.717) is 0 Å². The Morgan fingerprint density at radius 3 is 1.05 bits per heavy atom. The van der Waals surface area contributed by atoms with Crippen LogP contribution in [0.1, 0.15) is 0 Å². The van der Waals surface area contributed by atoms with E-state index in [9.17, 15) is 0 Å². The van der Waals surface area contributed by atoms with Crippen molar-refractivity contribution in [3.05, 3.63) is 37.0 Å². The van der Waals surface area contributed by atoms with Crippen molar-refractivity contribution in [2.75, 3.05) is 40.0 Å². The molecule has 0 unspecified atom stereocenters. The number of hydrogen-bond acceptors (Lipinski definition) is 0. The second-order valence-corrected chi connectivity index (χ2v) is 20.0. The standard InChI is InChI=1S/C5H5.2C3H9P.CO.Cl3Ge.W/c1-2-4-5-3-1;2*1-4(2)3;1-2;1-4(2)3;/h1-5H;2*1-3H3;;;/q-1;;;;;/p+2. The summed E-state index contributed by atoms with van der Waals surface area (Å²) in [6.07, 6.45) is 0. The van der Waals surface area contributed by atoms with Gasteiger partial charge in [0, 0.05) is 61.1 Å². The molecule has 20 heavy (non-hydrogen) atoms. The van der Waals surface area contributed by atoms with E-state index in [1.165, 1.54) is 0 Å². The van der Waals surface area contributed by atoms with Crippen LogP contribution in [0.5, 0.6) is 0 Å². The van der Waals surface area contributed by atoms with Gasteiger partial charge < -0.3 is 0 Å². The maximum atomic E-state index is 7.50. The van der Waals surface area contributed by atoms with Crippen LogP contribution < -0.4 is 0 Å². The summed E-state index contributed by atoms with van der Waals surface area (Å²) in [5.41, 5.74) is 0. The maximum absolute atomic E-state index is 7.50. The molecule has 0 aliphatic carbocycles. The van der Waals surface area contributed by atoms with E-state index >= 15 is 0 Å². The maximum Gasteiger partial charge on any atom is 0 e. The molecule has 1 aromatic carbocycles. The van der Waals surface area contributed by atoms with Gasteiger partial charge in [0.15, 0.2) is 0 Å². The van der Waals surface area contributed by atoms with Gasteiger partial charge in [-0.3, -0.25) is 0 Å². The second-order valence-electron chi connectivity index (χ2n) is 4.18. The molecule has 119 valence electrons. The van der Waals surface area contributed by atoms with E-state index in [0.717, 1.165) is 0 Å². The Kier molecular flexibility index (Phi) is 55.2. The minimum absolute atomic E-state index is 0. The first-order chi connectivity index (χ1) is 8.70. The molecule has 0 aromatic heterocycles. The number of rotatable bonds is 0. The molecule has 0 aliphatic rings.